The molecule has 1 heterocycles. The van der Waals surface area contributed by atoms with Crippen LogP contribution in [0.2, 0.25) is 0 Å². The molecule has 20 heavy (non-hydrogen) atoms. The molecule has 2 nitrogen and oxygen atoms in total. The molecule has 0 aromatic heterocycles. The fourth-order valence-electron chi connectivity index (χ4n) is 3.95. The first kappa shape index (κ1) is 16.0. The smallest absolute Gasteiger partial charge is 0.136 e. The molecule has 2 aliphatic rings. The lowest BCUT2D eigenvalue weighted by Gasteiger charge is -2.43. The van der Waals surface area contributed by atoms with Gasteiger partial charge in [-0.1, -0.05) is 51.9 Å². The molecule has 1 aliphatic heterocycles. The van der Waals surface area contributed by atoms with Crippen molar-refractivity contribution in [3.05, 3.63) is 0 Å². The maximum Gasteiger partial charge on any atom is 0.136 e. The molecule has 0 N–H and O–H groups in total. The van der Waals surface area contributed by atoms with Gasteiger partial charge in [-0.3, -0.25) is 4.79 Å². The van der Waals surface area contributed by atoms with Crippen molar-refractivity contribution in [3.8, 4) is 0 Å². The highest BCUT2D eigenvalue weighted by molar-refractivity contribution is 5.81. The van der Waals surface area contributed by atoms with E-state index in [9.17, 15) is 4.79 Å². The Labute approximate surface area is 124 Å². The third-order valence-electron chi connectivity index (χ3n) is 5.24. The summed E-state index contributed by atoms with van der Waals surface area (Å²) in [4.78, 5) is 12.4. The molecule has 0 aromatic rings. The summed E-state index contributed by atoms with van der Waals surface area (Å²) in [5.74, 6) is 0.822. The van der Waals surface area contributed by atoms with Crippen molar-refractivity contribution in [2.75, 3.05) is 6.61 Å². The van der Waals surface area contributed by atoms with Crippen molar-refractivity contribution in [2.24, 2.45) is 5.92 Å². The van der Waals surface area contributed by atoms with Gasteiger partial charge in [0.25, 0.3) is 0 Å². The zero-order chi connectivity index (χ0) is 14.3. The summed E-state index contributed by atoms with van der Waals surface area (Å²) >= 11 is 0. The SMILES string of the molecule is CCCCCCCC(=O)C1CCOC2(CCCCC2)C1. The van der Waals surface area contributed by atoms with Gasteiger partial charge in [0.15, 0.2) is 0 Å². The molecule has 2 rings (SSSR count). The number of rotatable bonds is 7. The number of hydrogen-bond donors (Lipinski definition) is 0. The highest BCUT2D eigenvalue weighted by Gasteiger charge is 2.40. The third kappa shape index (κ3) is 4.58. The number of carbonyl (C=O) groups is 1. The average molecular weight is 280 g/mol. The second kappa shape index (κ2) is 8.17. The van der Waals surface area contributed by atoms with E-state index >= 15 is 0 Å². The first-order valence-electron chi connectivity index (χ1n) is 8.92. The van der Waals surface area contributed by atoms with Crippen LogP contribution in [0.1, 0.15) is 90.4 Å². The molecule has 1 aliphatic carbocycles. The molecule has 0 radical (unpaired) electrons. The summed E-state index contributed by atoms with van der Waals surface area (Å²) in [5.41, 5.74) is 0.0824. The Kier molecular flexibility index (Phi) is 6.54. The lowest BCUT2D eigenvalue weighted by molar-refractivity contribution is -0.143. The van der Waals surface area contributed by atoms with E-state index in [0.29, 0.717) is 11.7 Å². The standard InChI is InChI=1S/C18H32O2/c1-2-3-4-5-7-10-17(19)16-11-14-20-18(15-16)12-8-6-9-13-18/h16H,2-15H2,1H3. The van der Waals surface area contributed by atoms with Crippen LogP contribution >= 0.6 is 0 Å². The summed E-state index contributed by atoms with van der Waals surface area (Å²) in [6, 6.07) is 0. The lowest BCUT2D eigenvalue weighted by Crippen LogP contribution is -2.43. The van der Waals surface area contributed by atoms with Crippen LogP contribution in [-0.2, 0) is 9.53 Å². The van der Waals surface area contributed by atoms with Crippen molar-refractivity contribution in [2.45, 2.75) is 96.0 Å². The topological polar surface area (TPSA) is 26.3 Å². The van der Waals surface area contributed by atoms with Gasteiger partial charge in [-0.05, 0) is 32.1 Å². The Morgan fingerprint density at radius 1 is 1.10 bits per heavy atom. The minimum absolute atomic E-state index is 0.0824. The van der Waals surface area contributed by atoms with Crippen molar-refractivity contribution in [1.82, 2.24) is 0 Å². The van der Waals surface area contributed by atoms with Crippen molar-refractivity contribution in [3.63, 3.8) is 0 Å². The van der Waals surface area contributed by atoms with Crippen molar-refractivity contribution >= 4 is 5.78 Å². The van der Waals surface area contributed by atoms with E-state index in [1.165, 1.54) is 57.8 Å². The predicted octanol–water partition coefficient (Wildman–Crippen LogP) is 5.05. The van der Waals surface area contributed by atoms with Gasteiger partial charge in [0.2, 0.25) is 0 Å². The lowest BCUT2D eigenvalue weighted by atomic mass is 9.74. The molecule has 116 valence electrons. The molecule has 0 aromatic carbocycles. The maximum atomic E-state index is 12.4. The van der Waals surface area contributed by atoms with Crippen LogP contribution in [0.4, 0.5) is 0 Å². The zero-order valence-electron chi connectivity index (χ0n) is 13.3. The number of carbonyl (C=O) groups excluding carboxylic acids is 1. The second-order valence-electron chi connectivity index (χ2n) is 6.91. The molecule has 1 spiro atoms. The van der Waals surface area contributed by atoms with Crippen LogP contribution < -0.4 is 0 Å². The van der Waals surface area contributed by atoms with Crippen LogP contribution in [0.15, 0.2) is 0 Å². The minimum Gasteiger partial charge on any atom is -0.375 e. The summed E-state index contributed by atoms with van der Waals surface area (Å²) < 4.78 is 6.09. The first-order valence-corrected chi connectivity index (χ1v) is 8.92. The highest BCUT2D eigenvalue weighted by Crippen LogP contribution is 2.41. The van der Waals surface area contributed by atoms with Gasteiger partial charge in [0, 0.05) is 18.9 Å². The summed E-state index contributed by atoms with van der Waals surface area (Å²) in [5, 5.41) is 0. The first-order chi connectivity index (χ1) is 9.76. The van der Waals surface area contributed by atoms with E-state index in [0.717, 1.165) is 32.3 Å². The molecule has 1 unspecified atom stereocenters. The normalized spacial score (nSPS) is 25.8. The van der Waals surface area contributed by atoms with E-state index in [2.05, 4.69) is 6.92 Å². The molecule has 2 heteroatoms. The van der Waals surface area contributed by atoms with Gasteiger partial charge in [0.1, 0.15) is 5.78 Å². The molecule has 1 atom stereocenters. The van der Waals surface area contributed by atoms with E-state index in [1.807, 2.05) is 0 Å². The van der Waals surface area contributed by atoms with Crippen molar-refractivity contribution in [1.29, 1.82) is 0 Å². The summed E-state index contributed by atoms with van der Waals surface area (Å²) in [6.45, 7) is 3.04. The van der Waals surface area contributed by atoms with Crippen LogP contribution in [0.3, 0.4) is 0 Å². The average Bonchev–Trinajstić information content (AvgIpc) is 2.48. The largest absolute Gasteiger partial charge is 0.375 e. The van der Waals surface area contributed by atoms with E-state index < -0.39 is 0 Å². The fraction of sp³-hybridized carbons (Fsp3) is 0.944. The monoisotopic (exact) mass is 280 g/mol. The van der Waals surface area contributed by atoms with Gasteiger partial charge < -0.3 is 4.74 Å². The minimum atomic E-state index is 0.0824. The number of ketones is 1. The summed E-state index contributed by atoms with van der Waals surface area (Å²) in [7, 11) is 0. The predicted molar refractivity (Wildman–Crippen MR) is 82.9 cm³/mol. The van der Waals surface area contributed by atoms with Gasteiger partial charge in [-0.15, -0.1) is 0 Å². The van der Waals surface area contributed by atoms with Crippen LogP contribution in [0.25, 0.3) is 0 Å². The number of Topliss-reactive ketones (excluding diaryl/α,β-unsaturated/α-hetero) is 1. The highest BCUT2D eigenvalue weighted by atomic mass is 16.5. The van der Waals surface area contributed by atoms with Gasteiger partial charge >= 0.3 is 0 Å². The maximum absolute atomic E-state index is 12.4. The Morgan fingerprint density at radius 2 is 1.85 bits per heavy atom. The van der Waals surface area contributed by atoms with E-state index in [4.69, 9.17) is 4.74 Å². The number of hydrogen-bond acceptors (Lipinski definition) is 2. The molecule has 2 fully saturated rings. The molecule has 1 saturated carbocycles. The van der Waals surface area contributed by atoms with Crippen LogP contribution in [0, 0.1) is 5.92 Å². The number of unbranched alkanes of at least 4 members (excludes halogenated alkanes) is 4. The Balaban J connectivity index is 1.72. The van der Waals surface area contributed by atoms with E-state index in [-0.39, 0.29) is 5.60 Å². The summed E-state index contributed by atoms with van der Waals surface area (Å²) in [6.07, 6.45) is 15.3. The fourth-order valence-corrected chi connectivity index (χ4v) is 3.95. The Morgan fingerprint density at radius 3 is 2.60 bits per heavy atom. The van der Waals surface area contributed by atoms with Crippen LogP contribution in [-0.4, -0.2) is 18.0 Å². The van der Waals surface area contributed by atoms with Gasteiger partial charge in [0.05, 0.1) is 5.60 Å². The van der Waals surface area contributed by atoms with Gasteiger partial charge in [-0.2, -0.15) is 0 Å². The second-order valence-corrected chi connectivity index (χ2v) is 6.91. The Bertz CT molecular complexity index is 286. The molecule has 1 saturated heterocycles. The van der Waals surface area contributed by atoms with Gasteiger partial charge in [-0.25, -0.2) is 0 Å². The quantitative estimate of drug-likeness (QED) is 0.610. The molecular weight excluding hydrogens is 248 g/mol. The van der Waals surface area contributed by atoms with Crippen LogP contribution in [0.5, 0.6) is 0 Å². The molecular formula is C18H32O2. The Hall–Kier alpha value is -0.370. The van der Waals surface area contributed by atoms with Crippen molar-refractivity contribution < 1.29 is 9.53 Å². The number of ether oxygens (including phenoxy) is 1. The third-order valence-corrected chi connectivity index (χ3v) is 5.24. The molecule has 0 amide bonds. The zero-order valence-corrected chi connectivity index (χ0v) is 13.3. The van der Waals surface area contributed by atoms with E-state index in [1.54, 1.807) is 0 Å². The molecule has 0 bridgehead atoms.